The molecule has 0 N–H and O–H groups in total. The van der Waals surface area contributed by atoms with Crippen molar-refractivity contribution in [2.75, 3.05) is 51.3 Å². The molecule has 3 aromatic carbocycles. The van der Waals surface area contributed by atoms with E-state index in [1.165, 1.54) is 6.07 Å². The maximum atomic E-state index is 11.3. The van der Waals surface area contributed by atoms with Crippen molar-refractivity contribution in [3.05, 3.63) is 92.4 Å². The summed E-state index contributed by atoms with van der Waals surface area (Å²) in [6.45, 7) is 5.35. The predicted octanol–water partition coefficient (Wildman–Crippen LogP) is 6.13. The smallest absolute Gasteiger partial charge is 0.270 e. The van der Waals surface area contributed by atoms with E-state index in [9.17, 15) is 10.1 Å². The van der Waals surface area contributed by atoms with Gasteiger partial charge in [-0.15, -0.1) is 0 Å². The van der Waals surface area contributed by atoms with E-state index in [1.807, 2.05) is 54.6 Å². The van der Waals surface area contributed by atoms with E-state index in [2.05, 4.69) is 31.8 Å². The molecule has 0 aromatic heterocycles. The van der Waals surface area contributed by atoms with Gasteiger partial charge in [-0.05, 0) is 36.2 Å². The Morgan fingerprint density at radius 1 is 0.944 bits per heavy atom. The summed E-state index contributed by atoms with van der Waals surface area (Å²) in [7, 11) is 1.71. The van der Waals surface area contributed by atoms with Gasteiger partial charge in [0.1, 0.15) is 11.5 Å². The highest BCUT2D eigenvalue weighted by Crippen LogP contribution is 2.29. The van der Waals surface area contributed by atoms with Crippen LogP contribution in [0.1, 0.15) is 17.5 Å². The van der Waals surface area contributed by atoms with Crippen LogP contribution >= 0.6 is 15.9 Å². The molecule has 36 heavy (non-hydrogen) atoms. The largest absolute Gasteiger partial charge is 0.495 e. The molecular weight excluding hydrogens is 522 g/mol. The normalized spacial score (nSPS) is 14.2. The molecule has 0 saturated carbocycles. The van der Waals surface area contributed by atoms with Crippen molar-refractivity contribution in [3.8, 4) is 11.5 Å². The topological polar surface area (TPSA) is 68.1 Å². The van der Waals surface area contributed by atoms with Crippen molar-refractivity contribution in [1.29, 1.82) is 0 Å². The van der Waals surface area contributed by atoms with Gasteiger partial charge in [-0.3, -0.25) is 15.0 Å². The summed E-state index contributed by atoms with van der Waals surface area (Å²) in [6, 6.07) is 20.7. The lowest BCUT2D eigenvalue weighted by Crippen LogP contribution is -2.46. The van der Waals surface area contributed by atoms with Crippen molar-refractivity contribution < 1.29 is 14.4 Å². The zero-order valence-corrected chi connectivity index (χ0v) is 21.9. The van der Waals surface area contributed by atoms with Crippen LogP contribution in [0.4, 0.5) is 11.4 Å². The van der Waals surface area contributed by atoms with Crippen molar-refractivity contribution in [2.45, 2.75) is 6.42 Å². The fraction of sp³-hybridized carbons (Fsp3) is 0.286. The van der Waals surface area contributed by atoms with Crippen LogP contribution in [0.3, 0.4) is 0 Å². The molecule has 7 nitrogen and oxygen atoms in total. The van der Waals surface area contributed by atoms with E-state index >= 15 is 0 Å². The van der Waals surface area contributed by atoms with E-state index < -0.39 is 0 Å². The van der Waals surface area contributed by atoms with Gasteiger partial charge in [0.25, 0.3) is 5.69 Å². The van der Waals surface area contributed by atoms with Gasteiger partial charge in [0, 0.05) is 54.9 Å². The number of rotatable bonds is 10. The van der Waals surface area contributed by atoms with E-state index in [4.69, 9.17) is 9.47 Å². The van der Waals surface area contributed by atoms with Crippen LogP contribution in [0.2, 0.25) is 0 Å². The van der Waals surface area contributed by atoms with E-state index in [-0.39, 0.29) is 10.6 Å². The molecule has 4 rings (SSSR count). The number of non-ortho nitro benzene ring substituents is 1. The molecule has 1 aliphatic heterocycles. The first kappa shape index (κ1) is 25.7. The number of nitro benzene ring substituents is 1. The second-order valence-electron chi connectivity index (χ2n) is 8.54. The van der Waals surface area contributed by atoms with Crippen molar-refractivity contribution in [2.24, 2.45) is 0 Å². The Hall–Kier alpha value is -3.36. The number of ether oxygens (including phenoxy) is 2. The van der Waals surface area contributed by atoms with Crippen LogP contribution < -0.4 is 14.4 Å². The van der Waals surface area contributed by atoms with Crippen LogP contribution in [0.25, 0.3) is 12.2 Å². The minimum atomic E-state index is -0.385. The first-order valence-corrected chi connectivity index (χ1v) is 12.8. The number of para-hydroxylation sites is 2. The molecule has 1 saturated heterocycles. The Bertz CT molecular complexity index is 1210. The van der Waals surface area contributed by atoms with Crippen LogP contribution in [0, 0.1) is 10.1 Å². The fourth-order valence-corrected chi connectivity index (χ4v) is 4.69. The number of nitrogens with zero attached hydrogens (tertiary/aromatic N) is 3. The second kappa shape index (κ2) is 12.6. The van der Waals surface area contributed by atoms with Crippen molar-refractivity contribution in [1.82, 2.24) is 4.90 Å². The Morgan fingerprint density at radius 2 is 1.67 bits per heavy atom. The zero-order valence-electron chi connectivity index (χ0n) is 20.3. The molecule has 0 atom stereocenters. The molecule has 0 aliphatic carbocycles. The van der Waals surface area contributed by atoms with Gasteiger partial charge < -0.3 is 14.4 Å². The number of hydrogen-bond acceptors (Lipinski definition) is 6. The minimum Gasteiger partial charge on any atom is -0.495 e. The van der Waals surface area contributed by atoms with Crippen LogP contribution in [0.15, 0.2) is 71.2 Å². The molecule has 188 valence electrons. The molecule has 0 spiro atoms. The van der Waals surface area contributed by atoms with Crippen LogP contribution in [0.5, 0.6) is 11.5 Å². The van der Waals surface area contributed by atoms with Gasteiger partial charge in [0.15, 0.2) is 0 Å². The Balaban J connectivity index is 1.31. The number of anilines is 1. The highest BCUT2D eigenvalue weighted by Gasteiger charge is 2.19. The minimum absolute atomic E-state index is 0.0436. The summed E-state index contributed by atoms with van der Waals surface area (Å²) in [5.41, 5.74) is 2.86. The Labute approximate surface area is 220 Å². The summed E-state index contributed by atoms with van der Waals surface area (Å²) < 4.78 is 12.5. The van der Waals surface area contributed by atoms with Crippen molar-refractivity contribution >= 4 is 39.5 Å². The molecule has 0 bridgehead atoms. The summed E-state index contributed by atoms with van der Waals surface area (Å²) in [5, 5.41) is 11.3. The number of benzene rings is 3. The number of halogens is 1. The third-order valence-corrected chi connectivity index (χ3v) is 6.95. The molecule has 0 unspecified atom stereocenters. The van der Waals surface area contributed by atoms with Gasteiger partial charge in [-0.2, -0.15) is 0 Å². The van der Waals surface area contributed by atoms with Crippen LogP contribution in [-0.2, 0) is 0 Å². The molecule has 1 heterocycles. The lowest BCUT2D eigenvalue weighted by molar-refractivity contribution is -0.384. The average molecular weight is 552 g/mol. The molecule has 8 heteroatoms. The third kappa shape index (κ3) is 6.65. The summed E-state index contributed by atoms with van der Waals surface area (Å²) in [5.74, 6) is 1.55. The summed E-state index contributed by atoms with van der Waals surface area (Å²) in [4.78, 5) is 15.7. The van der Waals surface area contributed by atoms with Gasteiger partial charge in [0.2, 0.25) is 0 Å². The average Bonchev–Trinajstić information content (AvgIpc) is 2.91. The predicted molar refractivity (Wildman–Crippen MR) is 148 cm³/mol. The maximum Gasteiger partial charge on any atom is 0.270 e. The monoisotopic (exact) mass is 551 g/mol. The number of methoxy groups -OCH3 is 1. The molecule has 0 amide bonds. The van der Waals surface area contributed by atoms with E-state index in [0.717, 1.165) is 60.6 Å². The molecule has 1 aliphatic rings. The van der Waals surface area contributed by atoms with Gasteiger partial charge in [0.05, 0.1) is 24.3 Å². The summed E-state index contributed by atoms with van der Waals surface area (Å²) >= 11 is 3.53. The van der Waals surface area contributed by atoms with Crippen LogP contribution in [-0.4, -0.2) is 56.3 Å². The van der Waals surface area contributed by atoms with E-state index in [1.54, 1.807) is 19.2 Å². The molecule has 3 aromatic rings. The lowest BCUT2D eigenvalue weighted by atomic mass is 10.1. The lowest BCUT2D eigenvalue weighted by Gasteiger charge is -2.36. The number of piperazine rings is 1. The quantitative estimate of drug-likeness (QED) is 0.131. The number of hydrogen-bond donors (Lipinski definition) is 0. The SMILES string of the molecule is COc1ccccc1N1CCN(CCCOc2ccc([N+](=O)[O-])cc2C=Cc2ccccc2Br)CC1. The standard InChI is InChI=1S/C28H30BrN3O4/c1-35-28-10-5-4-9-26(28)31-18-16-30(17-19-31)15-6-20-36-27-14-13-24(32(33)34)21-23(27)12-11-22-7-2-3-8-25(22)29/h2-5,7-14,21H,6,15-20H2,1H3. The fourth-order valence-electron chi connectivity index (χ4n) is 4.27. The molecular formula is C28H30BrN3O4. The Morgan fingerprint density at radius 3 is 2.42 bits per heavy atom. The van der Waals surface area contributed by atoms with Gasteiger partial charge >= 0.3 is 0 Å². The van der Waals surface area contributed by atoms with Gasteiger partial charge in [-0.1, -0.05) is 58.4 Å². The van der Waals surface area contributed by atoms with E-state index in [0.29, 0.717) is 17.9 Å². The second-order valence-corrected chi connectivity index (χ2v) is 9.39. The molecule has 1 fully saturated rings. The third-order valence-electron chi connectivity index (χ3n) is 6.23. The first-order valence-electron chi connectivity index (χ1n) is 12.0. The molecule has 0 radical (unpaired) electrons. The maximum absolute atomic E-state index is 11.3. The van der Waals surface area contributed by atoms with Gasteiger partial charge in [-0.25, -0.2) is 0 Å². The first-order chi connectivity index (χ1) is 17.5. The summed E-state index contributed by atoms with van der Waals surface area (Å²) in [6.07, 6.45) is 4.66. The zero-order chi connectivity index (χ0) is 25.3. The Kier molecular flexibility index (Phi) is 8.97. The highest BCUT2D eigenvalue weighted by atomic mass is 79.9. The number of nitro groups is 1. The highest BCUT2D eigenvalue weighted by molar-refractivity contribution is 9.10. The van der Waals surface area contributed by atoms with Crippen molar-refractivity contribution in [3.63, 3.8) is 0 Å².